The first-order chi connectivity index (χ1) is 6.59. The molecule has 4 nitrogen and oxygen atoms in total. The zero-order valence-corrected chi connectivity index (χ0v) is 8.27. The van der Waals surface area contributed by atoms with Crippen molar-refractivity contribution in [3.8, 4) is 0 Å². The Morgan fingerprint density at radius 1 is 1.64 bits per heavy atom. The summed E-state index contributed by atoms with van der Waals surface area (Å²) in [6.07, 6.45) is 2.52. The molecule has 1 rings (SSSR count). The smallest absolute Gasteiger partial charge is 0.344 e. The molecular formula is C10H13NO3. The Labute approximate surface area is 82.7 Å². The van der Waals surface area contributed by atoms with Crippen LogP contribution in [0.2, 0.25) is 0 Å². The fourth-order valence-corrected chi connectivity index (χ4v) is 0.901. The van der Waals surface area contributed by atoms with Crippen LogP contribution in [0, 0.1) is 11.1 Å². The standard InChI is InChI=1S/C10H13NO3/c1-8(2)7-14-10(12)9-4-3-5-11(13)6-9/h3-6,8H,7H2,1-2H3. The third kappa shape index (κ3) is 3.05. The Hall–Kier alpha value is -1.58. The summed E-state index contributed by atoms with van der Waals surface area (Å²) < 4.78 is 5.53. The van der Waals surface area contributed by atoms with Crippen molar-refractivity contribution >= 4 is 5.97 Å². The van der Waals surface area contributed by atoms with Gasteiger partial charge < -0.3 is 9.94 Å². The summed E-state index contributed by atoms with van der Waals surface area (Å²) in [7, 11) is 0. The van der Waals surface area contributed by atoms with E-state index in [2.05, 4.69) is 0 Å². The van der Waals surface area contributed by atoms with Crippen LogP contribution in [-0.2, 0) is 4.74 Å². The Kier molecular flexibility index (Phi) is 3.45. The van der Waals surface area contributed by atoms with Gasteiger partial charge in [-0.15, -0.1) is 0 Å². The van der Waals surface area contributed by atoms with Crippen LogP contribution in [0.1, 0.15) is 24.2 Å². The van der Waals surface area contributed by atoms with E-state index in [1.165, 1.54) is 18.5 Å². The summed E-state index contributed by atoms with van der Waals surface area (Å²) in [6, 6.07) is 3.07. The van der Waals surface area contributed by atoms with Crippen LogP contribution in [0.25, 0.3) is 0 Å². The van der Waals surface area contributed by atoms with Crippen LogP contribution in [-0.4, -0.2) is 12.6 Å². The monoisotopic (exact) mass is 195 g/mol. The topological polar surface area (TPSA) is 53.2 Å². The van der Waals surface area contributed by atoms with Gasteiger partial charge in [-0.3, -0.25) is 0 Å². The number of rotatable bonds is 3. The number of esters is 1. The second kappa shape index (κ2) is 4.60. The van der Waals surface area contributed by atoms with E-state index in [0.717, 1.165) is 0 Å². The van der Waals surface area contributed by atoms with Gasteiger partial charge in [0, 0.05) is 6.07 Å². The summed E-state index contributed by atoms with van der Waals surface area (Å²) in [5, 5.41) is 10.8. The SMILES string of the molecule is CC(C)COC(=O)c1ccc[n+]([O-])c1. The van der Waals surface area contributed by atoms with E-state index in [-0.39, 0.29) is 5.56 Å². The summed E-state index contributed by atoms with van der Waals surface area (Å²) in [5.41, 5.74) is 0.281. The van der Waals surface area contributed by atoms with Crippen molar-refractivity contribution in [3.05, 3.63) is 35.3 Å². The van der Waals surface area contributed by atoms with Gasteiger partial charge in [-0.1, -0.05) is 13.8 Å². The average molecular weight is 195 g/mol. The minimum Gasteiger partial charge on any atom is -0.619 e. The number of carbonyl (C=O) groups excluding carboxylic acids is 1. The van der Waals surface area contributed by atoms with Gasteiger partial charge in [0.25, 0.3) is 0 Å². The number of ether oxygens (including phenoxy) is 1. The molecule has 0 aromatic carbocycles. The molecule has 0 aliphatic heterocycles. The fraction of sp³-hybridized carbons (Fsp3) is 0.400. The van der Waals surface area contributed by atoms with E-state index in [0.29, 0.717) is 17.3 Å². The lowest BCUT2D eigenvalue weighted by atomic mass is 10.2. The number of carbonyl (C=O) groups is 1. The normalized spacial score (nSPS) is 10.2. The summed E-state index contributed by atoms with van der Waals surface area (Å²) in [6.45, 7) is 4.27. The van der Waals surface area contributed by atoms with Gasteiger partial charge in [0.15, 0.2) is 12.4 Å². The van der Waals surface area contributed by atoms with Crippen molar-refractivity contribution < 1.29 is 14.3 Å². The van der Waals surface area contributed by atoms with Crippen molar-refractivity contribution in [2.24, 2.45) is 5.92 Å². The molecule has 0 N–H and O–H groups in total. The first-order valence-electron chi connectivity index (χ1n) is 4.45. The van der Waals surface area contributed by atoms with Crippen molar-refractivity contribution in [1.82, 2.24) is 0 Å². The molecule has 0 saturated carbocycles. The maximum Gasteiger partial charge on any atom is 0.344 e. The molecule has 14 heavy (non-hydrogen) atoms. The fourth-order valence-electron chi connectivity index (χ4n) is 0.901. The van der Waals surface area contributed by atoms with E-state index >= 15 is 0 Å². The lowest BCUT2D eigenvalue weighted by molar-refractivity contribution is -0.605. The van der Waals surface area contributed by atoms with Crippen LogP contribution in [0.15, 0.2) is 24.5 Å². The van der Waals surface area contributed by atoms with E-state index in [1.54, 1.807) is 6.07 Å². The lowest BCUT2D eigenvalue weighted by Crippen LogP contribution is -2.26. The van der Waals surface area contributed by atoms with Gasteiger partial charge in [-0.2, -0.15) is 4.73 Å². The summed E-state index contributed by atoms with van der Waals surface area (Å²) >= 11 is 0. The molecule has 0 radical (unpaired) electrons. The molecule has 0 saturated heterocycles. The zero-order valence-electron chi connectivity index (χ0n) is 8.27. The molecular weight excluding hydrogens is 182 g/mol. The van der Waals surface area contributed by atoms with E-state index in [9.17, 15) is 10.0 Å². The zero-order chi connectivity index (χ0) is 10.6. The van der Waals surface area contributed by atoms with Crippen LogP contribution >= 0.6 is 0 Å². The van der Waals surface area contributed by atoms with Crippen molar-refractivity contribution in [3.63, 3.8) is 0 Å². The predicted octanol–water partition coefficient (Wildman–Crippen LogP) is 1.13. The molecule has 1 aromatic rings. The first-order valence-corrected chi connectivity index (χ1v) is 4.45. The molecule has 0 aliphatic rings. The van der Waals surface area contributed by atoms with Crippen molar-refractivity contribution in [2.45, 2.75) is 13.8 Å². The molecule has 0 aliphatic carbocycles. The molecule has 4 heteroatoms. The Bertz CT molecular complexity index is 323. The summed E-state index contributed by atoms with van der Waals surface area (Å²) in [4.78, 5) is 11.3. The maximum absolute atomic E-state index is 11.3. The Morgan fingerprint density at radius 3 is 2.93 bits per heavy atom. The largest absolute Gasteiger partial charge is 0.619 e. The van der Waals surface area contributed by atoms with E-state index < -0.39 is 5.97 Å². The molecule has 0 amide bonds. The quantitative estimate of drug-likeness (QED) is 0.412. The van der Waals surface area contributed by atoms with Crippen LogP contribution in [0.3, 0.4) is 0 Å². The van der Waals surface area contributed by atoms with Gasteiger partial charge in [0.1, 0.15) is 5.56 Å². The molecule has 1 heterocycles. The number of nitrogens with zero attached hydrogens (tertiary/aromatic N) is 1. The number of hydrogen-bond donors (Lipinski definition) is 0. The molecule has 0 atom stereocenters. The van der Waals surface area contributed by atoms with Gasteiger partial charge in [0.2, 0.25) is 0 Å². The molecule has 0 bridgehead atoms. The van der Waals surface area contributed by atoms with Crippen LogP contribution in [0.4, 0.5) is 0 Å². The van der Waals surface area contributed by atoms with Crippen molar-refractivity contribution in [2.75, 3.05) is 6.61 Å². The third-order valence-corrected chi connectivity index (χ3v) is 1.56. The van der Waals surface area contributed by atoms with E-state index in [4.69, 9.17) is 4.74 Å². The maximum atomic E-state index is 11.3. The number of pyridine rings is 1. The predicted molar refractivity (Wildman–Crippen MR) is 50.5 cm³/mol. The Morgan fingerprint density at radius 2 is 2.36 bits per heavy atom. The molecule has 76 valence electrons. The number of aromatic nitrogens is 1. The molecule has 1 aromatic heterocycles. The molecule has 0 spiro atoms. The molecule has 0 unspecified atom stereocenters. The highest BCUT2D eigenvalue weighted by molar-refractivity contribution is 5.88. The molecule has 0 fully saturated rings. The second-order valence-electron chi connectivity index (χ2n) is 3.44. The lowest BCUT2D eigenvalue weighted by Gasteiger charge is -2.06. The highest BCUT2D eigenvalue weighted by atomic mass is 16.5. The number of hydrogen-bond acceptors (Lipinski definition) is 3. The van der Waals surface area contributed by atoms with Crippen molar-refractivity contribution in [1.29, 1.82) is 0 Å². The highest BCUT2D eigenvalue weighted by Gasteiger charge is 2.10. The van der Waals surface area contributed by atoms with Crippen LogP contribution in [0.5, 0.6) is 0 Å². The average Bonchev–Trinajstić information content (AvgIpc) is 2.14. The first kappa shape index (κ1) is 10.5. The summed E-state index contributed by atoms with van der Waals surface area (Å²) in [5.74, 6) is -0.161. The third-order valence-electron chi connectivity index (χ3n) is 1.56. The van der Waals surface area contributed by atoms with Crippen LogP contribution < -0.4 is 4.73 Å². The van der Waals surface area contributed by atoms with Gasteiger partial charge in [-0.05, 0) is 12.0 Å². The van der Waals surface area contributed by atoms with Gasteiger partial charge in [0.05, 0.1) is 6.61 Å². The van der Waals surface area contributed by atoms with Gasteiger partial charge in [-0.25, -0.2) is 4.79 Å². The minimum absolute atomic E-state index is 0.281. The second-order valence-corrected chi connectivity index (χ2v) is 3.44. The van der Waals surface area contributed by atoms with Gasteiger partial charge >= 0.3 is 5.97 Å². The highest BCUT2D eigenvalue weighted by Crippen LogP contribution is 2.00. The minimum atomic E-state index is -0.455. The van der Waals surface area contributed by atoms with E-state index in [1.807, 2.05) is 13.8 Å². The Balaban J connectivity index is 2.61.